The third kappa shape index (κ3) is 8.18. The van der Waals surface area contributed by atoms with Crippen LogP contribution in [0, 0.1) is 9.89 Å². The van der Waals surface area contributed by atoms with Crippen molar-refractivity contribution >= 4 is 64.9 Å². The van der Waals surface area contributed by atoms with E-state index < -0.39 is 69.4 Å². The van der Waals surface area contributed by atoms with E-state index in [0.717, 1.165) is 3.61 Å². The molecule has 0 saturated carbocycles. The minimum atomic E-state index is -5.68. The predicted molar refractivity (Wildman–Crippen MR) is 135 cm³/mol. The Hall–Kier alpha value is -1.68. The minimum absolute atomic E-state index is 0.0107. The van der Waals surface area contributed by atoms with Gasteiger partial charge in [0.05, 0.1) is 0 Å². The second kappa shape index (κ2) is 12.0. The van der Waals surface area contributed by atoms with Crippen molar-refractivity contribution in [3.05, 3.63) is 48.4 Å². The number of nitrogens with zero attached hydrogens (tertiary/aromatic N) is 3. The van der Waals surface area contributed by atoms with Crippen molar-refractivity contribution in [2.24, 2.45) is 0 Å². The predicted octanol–water partition coefficient (Wildman–Crippen LogP) is 0.344. The molecule has 0 amide bonds. The number of aromatic nitrogens is 3. The van der Waals surface area contributed by atoms with Gasteiger partial charge in [-0.25, -0.2) is 9.13 Å². The molecule has 1 aromatic carbocycles. The van der Waals surface area contributed by atoms with Crippen molar-refractivity contribution in [3.63, 3.8) is 0 Å². The van der Waals surface area contributed by atoms with Gasteiger partial charge in [-0.3, -0.25) is 0 Å². The van der Waals surface area contributed by atoms with Crippen molar-refractivity contribution < 1.29 is 56.3 Å². The van der Waals surface area contributed by atoms with E-state index in [4.69, 9.17) is 20.3 Å². The summed E-state index contributed by atoms with van der Waals surface area (Å²) in [4.78, 5) is 44.4. The Labute approximate surface area is 230 Å². The second-order valence-electron chi connectivity index (χ2n) is 7.87. The van der Waals surface area contributed by atoms with Gasteiger partial charge in [0.25, 0.3) is 0 Å². The zero-order valence-corrected chi connectivity index (χ0v) is 24.5. The average Bonchev–Trinajstić information content (AvgIpc) is 3.37. The summed E-state index contributed by atoms with van der Waals surface area (Å²) in [5.74, 6) is 3.29. The van der Waals surface area contributed by atoms with Crippen molar-refractivity contribution in [1.29, 1.82) is 0 Å². The summed E-state index contributed by atoms with van der Waals surface area (Å²) < 4.78 is 57.9. The number of nitrogen functional groups attached to an aromatic ring is 1. The molecule has 4 rings (SSSR count). The quantitative estimate of drug-likeness (QED) is 0.0993. The van der Waals surface area contributed by atoms with E-state index in [2.05, 4.69) is 33.0 Å². The van der Waals surface area contributed by atoms with Crippen LogP contribution in [0.5, 0.6) is 0 Å². The number of hydrogen-bond acceptors (Lipinski definition) is 11. The first-order chi connectivity index (χ1) is 18.2. The van der Waals surface area contributed by atoms with Crippen LogP contribution in [0.4, 0.5) is 5.82 Å². The van der Waals surface area contributed by atoms with E-state index in [1.165, 1.54) is 6.33 Å². The van der Waals surface area contributed by atoms with E-state index in [0.29, 0.717) is 16.6 Å². The number of ether oxygens (including phenoxy) is 1. The molecule has 0 bridgehead atoms. The summed E-state index contributed by atoms with van der Waals surface area (Å²) in [7, 11) is -16.6. The Morgan fingerprint density at radius 3 is 2.51 bits per heavy atom. The Bertz CT molecular complexity index is 1560. The fourth-order valence-electron chi connectivity index (χ4n) is 3.56. The van der Waals surface area contributed by atoms with Crippen LogP contribution in [0.2, 0.25) is 0 Å². The van der Waals surface area contributed by atoms with Crippen LogP contribution < -0.4 is 9.35 Å². The summed E-state index contributed by atoms with van der Waals surface area (Å²) in [6.45, 7) is -0.799. The van der Waals surface area contributed by atoms with Crippen LogP contribution in [-0.2, 0) is 31.6 Å². The molecule has 1 aliphatic heterocycles. The number of fused-ring (bicyclic) bond motifs is 1. The SMILES string of the molecule is Nc1ncnc2c1c(C#C[Te]c1ccccc1)cn2[C@H]1CC(O)[C@@H](COP(=O)(O)OP(=O)(O)OP(=O)(O)O)O1. The second-order valence-corrected chi connectivity index (χ2v) is 14.8. The molecule has 16 nitrogen and oxygen atoms in total. The zero-order valence-electron chi connectivity index (χ0n) is 19.5. The number of hydrogen-bond donors (Lipinski definition) is 6. The van der Waals surface area contributed by atoms with Crippen LogP contribution in [0.25, 0.3) is 11.0 Å². The number of aliphatic hydroxyl groups is 1. The van der Waals surface area contributed by atoms with Crippen LogP contribution in [0.3, 0.4) is 0 Å². The van der Waals surface area contributed by atoms with Crippen LogP contribution in [0.1, 0.15) is 18.2 Å². The molecule has 0 radical (unpaired) electrons. The summed E-state index contributed by atoms with van der Waals surface area (Å²) in [6, 6.07) is 9.77. The van der Waals surface area contributed by atoms with Gasteiger partial charge in [0.1, 0.15) is 0 Å². The van der Waals surface area contributed by atoms with Crippen LogP contribution in [-0.4, -0.2) is 79.0 Å². The molecule has 20 heteroatoms. The third-order valence-corrected chi connectivity index (χ3v) is 10.9. The van der Waals surface area contributed by atoms with Gasteiger partial charge in [-0.05, 0) is 0 Å². The average molecular weight is 718 g/mol. The summed E-state index contributed by atoms with van der Waals surface area (Å²) in [5.41, 5.74) is 7.00. The number of phosphoric ester groups is 1. The first kappa shape index (κ1) is 30.3. The summed E-state index contributed by atoms with van der Waals surface area (Å²) in [5, 5.41) is 10.9. The van der Waals surface area contributed by atoms with E-state index in [-0.39, 0.29) is 12.2 Å². The molecule has 1 aliphatic rings. The molecule has 1 fully saturated rings. The van der Waals surface area contributed by atoms with E-state index in [1.54, 1.807) is 10.8 Å². The Morgan fingerprint density at radius 1 is 1.10 bits per heavy atom. The van der Waals surface area contributed by atoms with Gasteiger partial charge in [-0.15, -0.1) is 0 Å². The molecule has 210 valence electrons. The van der Waals surface area contributed by atoms with Gasteiger partial charge in [-0.2, -0.15) is 4.31 Å². The normalized spacial score (nSPS) is 22.6. The molecular weight excluding hydrogens is 697 g/mol. The topological polar surface area (TPSA) is 246 Å². The Kier molecular flexibility index (Phi) is 9.36. The van der Waals surface area contributed by atoms with E-state index in [1.807, 2.05) is 30.3 Å². The first-order valence-electron chi connectivity index (χ1n) is 10.7. The molecule has 3 heterocycles. The summed E-state index contributed by atoms with van der Waals surface area (Å²) in [6.07, 6.45) is -0.393. The monoisotopic (exact) mass is 720 g/mol. The summed E-state index contributed by atoms with van der Waals surface area (Å²) >= 11 is -0.806. The Balaban J connectivity index is 1.48. The van der Waals surface area contributed by atoms with Gasteiger partial charge < -0.3 is 14.7 Å². The van der Waals surface area contributed by atoms with Gasteiger partial charge in [0, 0.05) is 0 Å². The van der Waals surface area contributed by atoms with Gasteiger partial charge >= 0.3 is 203 Å². The van der Waals surface area contributed by atoms with Gasteiger partial charge in [0.2, 0.25) is 0 Å². The molecular formula is C19H21N4O12P3Te. The molecule has 0 aliphatic carbocycles. The molecule has 2 aromatic heterocycles. The standard InChI is InChI=1S/C19H21N4O12P3Te/c20-18-17-12(6-7-39-13-4-2-1-3-5-13)9-23(19(17)22-11-21-18)16-8-14(24)15(33-16)10-32-37(28,29)35-38(30,31)34-36(25,26)27/h1-5,9,11,14-16,24H,8,10H2,(H,28,29)(H,30,31)(H2,20,21,22)(H2,25,26,27)/t14?,15-,16-/m1/s1. The molecule has 39 heavy (non-hydrogen) atoms. The molecule has 3 aromatic rings. The van der Waals surface area contributed by atoms with Crippen molar-refractivity contribution in [2.45, 2.75) is 24.9 Å². The van der Waals surface area contributed by atoms with E-state index in [9.17, 15) is 28.6 Å². The molecule has 0 spiro atoms. The van der Waals surface area contributed by atoms with Crippen molar-refractivity contribution in [2.75, 3.05) is 12.3 Å². The molecule has 3 unspecified atom stereocenters. The van der Waals surface area contributed by atoms with Crippen LogP contribution >= 0.6 is 23.5 Å². The first-order valence-corrected chi connectivity index (χ1v) is 17.5. The van der Waals surface area contributed by atoms with Crippen molar-refractivity contribution in [1.82, 2.24) is 14.5 Å². The maximum absolute atomic E-state index is 12.0. The number of phosphoric acid groups is 3. The number of rotatable bonds is 9. The molecule has 7 N–H and O–H groups in total. The molecule has 5 atom stereocenters. The van der Waals surface area contributed by atoms with E-state index >= 15 is 0 Å². The molecule has 1 saturated heterocycles. The number of benzene rings is 1. The maximum atomic E-state index is 12.0. The fourth-order valence-corrected chi connectivity index (χ4v) is 8.22. The Morgan fingerprint density at radius 2 is 1.82 bits per heavy atom. The van der Waals surface area contributed by atoms with Gasteiger partial charge in [0.15, 0.2) is 0 Å². The van der Waals surface area contributed by atoms with Crippen molar-refractivity contribution in [3.8, 4) is 9.89 Å². The number of aliphatic hydroxyl groups excluding tert-OH is 1. The van der Waals surface area contributed by atoms with Crippen LogP contribution in [0.15, 0.2) is 42.9 Å². The number of nitrogens with two attached hydrogens (primary N) is 1. The zero-order chi connectivity index (χ0) is 28.4. The third-order valence-electron chi connectivity index (χ3n) is 5.07. The number of anilines is 1. The van der Waals surface area contributed by atoms with Gasteiger partial charge in [-0.1, -0.05) is 0 Å². The fraction of sp³-hybridized carbons (Fsp3) is 0.263.